The van der Waals surface area contributed by atoms with Crippen molar-refractivity contribution >= 4 is 33.5 Å². The molecule has 29 heavy (non-hydrogen) atoms. The van der Waals surface area contributed by atoms with Crippen LogP contribution in [0.2, 0.25) is 5.02 Å². The Morgan fingerprint density at radius 3 is 2.31 bits per heavy atom. The molecule has 1 fully saturated rings. The molecule has 1 aromatic carbocycles. The number of esters is 1. The lowest BCUT2D eigenvalue weighted by Crippen LogP contribution is -2.49. The topological polar surface area (TPSA) is 122 Å². The summed E-state index contributed by atoms with van der Waals surface area (Å²) in [6.45, 7) is 0.711. The molecule has 0 heterocycles. The molecule has 2 rings (SSSR count). The van der Waals surface area contributed by atoms with E-state index < -0.39 is 40.7 Å². The van der Waals surface area contributed by atoms with E-state index in [4.69, 9.17) is 16.3 Å². The van der Waals surface area contributed by atoms with E-state index in [1.807, 2.05) is 0 Å². The van der Waals surface area contributed by atoms with Crippen LogP contribution < -0.4 is 10.0 Å². The van der Waals surface area contributed by atoms with Crippen LogP contribution in [0.4, 0.5) is 0 Å². The van der Waals surface area contributed by atoms with E-state index in [9.17, 15) is 23.1 Å². The fourth-order valence-corrected chi connectivity index (χ4v) is 4.50. The number of ether oxygens (including phenoxy) is 1. The second-order valence-corrected chi connectivity index (χ2v) is 9.31. The van der Waals surface area contributed by atoms with Gasteiger partial charge < -0.3 is 15.2 Å². The highest BCUT2D eigenvalue weighted by atomic mass is 35.5. The molecule has 1 saturated carbocycles. The van der Waals surface area contributed by atoms with E-state index in [2.05, 4.69) is 10.0 Å². The SMILES string of the molecule is C[C@H](O)[C@H](NS(=O)(=O)c1ccc(Cl)cc1)C(=O)OCC(=O)NC1CCCCCC1. The quantitative estimate of drug-likeness (QED) is 0.413. The number of carbonyl (C=O) groups is 2. The first-order valence-corrected chi connectivity index (χ1v) is 11.5. The van der Waals surface area contributed by atoms with Crippen molar-refractivity contribution in [2.24, 2.45) is 0 Å². The van der Waals surface area contributed by atoms with Crippen LogP contribution in [-0.2, 0) is 24.3 Å². The van der Waals surface area contributed by atoms with Gasteiger partial charge in [0, 0.05) is 11.1 Å². The average Bonchev–Trinajstić information content (AvgIpc) is 2.93. The maximum absolute atomic E-state index is 12.4. The van der Waals surface area contributed by atoms with Crippen LogP contribution in [0.1, 0.15) is 45.4 Å². The minimum Gasteiger partial charge on any atom is -0.454 e. The number of carbonyl (C=O) groups excluding carboxylic acids is 2. The second-order valence-electron chi connectivity index (χ2n) is 7.16. The molecule has 162 valence electrons. The van der Waals surface area contributed by atoms with E-state index >= 15 is 0 Å². The van der Waals surface area contributed by atoms with Crippen molar-refractivity contribution < 1.29 is 27.9 Å². The van der Waals surface area contributed by atoms with Gasteiger partial charge in [-0.2, -0.15) is 4.72 Å². The Labute approximate surface area is 176 Å². The highest BCUT2D eigenvalue weighted by Crippen LogP contribution is 2.17. The van der Waals surface area contributed by atoms with Crippen LogP contribution in [0.25, 0.3) is 0 Å². The van der Waals surface area contributed by atoms with Gasteiger partial charge in [-0.25, -0.2) is 8.42 Å². The number of benzene rings is 1. The van der Waals surface area contributed by atoms with Gasteiger partial charge in [0.15, 0.2) is 6.61 Å². The van der Waals surface area contributed by atoms with Gasteiger partial charge in [-0.3, -0.25) is 9.59 Å². The van der Waals surface area contributed by atoms with Crippen molar-refractivity contribution in [3.05, 3.63) is 29.3 Å². The Kier molecular flexibility index (Phi) is 8.88. The number of aliphatic hydroxyl groups excluding tert-OH is 1. The summed E-state index contributed by atoms with van der Waals surface area (Å²) in [4.78, 5) is 24.2. The molecule has 0 aliphatic heterocycles. The van der Waals surface area contributed by atoms with Gasteiger partial charge in [-0.15, -0.1) is 0 Å². The monoisotopic (exact) mass is 446 g/mol. The zero-order chi connectivity index (χ0) is 21.4. The molecule has 0 aromatic heterocycles. The van der Waals surface area contributed by atoms with E-state index in [0.717, 1.165) is 38.5 Å². The number of sulfonamides is 1. The Balaban J connectivity index is 1.93. The van der Waals surface area contributed by atoms with Crippen LogP contribution in [0.3, 0.4) is 0 Å². The molecular weight excluding hydrogens is 420 g/mol. The summed E-state index contributed by atoms with van der Waals surface area (Å²) < 4.78 is 31.9. The molecule has 0 unspecified atom stereocenters. The number of nitrogens with one attached hydrogen (secondary N) is 2. The van der Waals surface area contributed by atoms with E-state index in [0.29, 0.717) is 5.02 Å². The molecule has 0 bridgehead atoms. The molecule has 1 amide bonds. The van der Waals surface area contributed by atoms with Crippen molar-refractivity contribution in [1.29, 1.82) is 0 Å². The zero-order valence-electron chi connectivity index (χ0n) is 16.3. The van der Waals surface area contributed by atoms with Crippen LogP contribution in [0.5, 0.6) is 0 Å². The molecule has 0 saturated heterocycles. The van der Waals surface area contributed by atoms with Crippen LogP contribution in [-0.4, -0.2) is 50.2 Å². The van der Waals surface area contributed by atoms with E-state index in [1.165, 1.54) is 31.2 Å². The number of aliphatic hydroxyl groups is 1. The molecule has 10 heteroatoms. The van der Waals surface area contributed by atoms with Crippen molar-refractivity contribution in [3.8, 4) is 0 Å². The summed E-state index contributed by atoms with van der Waals surface area (Å²) in [5.74, 6) is -1.48. The molecular formula is C19H27ClN2O6S. The normalized spacial score (nSPS) is 17.8. The van der Waals surface area contributed by atoms with Crippen LogP contribution in [0.15, 0.2) is 29.2 Å². The lowest BCUT2D eigenvalue weighted by atomic mass is 10.1. The van der Waals surface area contributed by atoms with Crippen molar-refractivity contribution in [1.82, 2.24) is 10.0 Å². The average molecular weight is 447 g/mol. The predicted molar refractivity (Wildman–Crippen MR) is 108 cm³/mol. The van der Waals surface area contributed by atoms with E-state index in [-0.39, 0.29) is 10.9 Å². The number of hydrogen-bond donors (Lipinski definition) is 3. The Bertz CT molecular complexity index is 789. The molecule has 2 atom stereocenters. The van der Waals surface area contributed by atoms with Gasteiger partial charge in [0.2, 0.25) is 10.0 Å². The molecule has 0 spiro atoms. The number of hydrogen-bond acceptors (Lipinski definition) is 6. The molecule has 8 nitrogen and oxygen atoms in total. The molecule has 1 aliphatic rings. The maximum atomic E-state index is 12.4. The summed E-state index contributed by atoms with van der Waals surface area (Å²) in [6.07, 6.45) is 4.78. The van der Waals surface area contributed by atoms with Gasteiger partial charge >= 0.3 is 5.97 Å². The van der Waals surface area contributed by atoms with Gasteiger partial charge in [-0.05, 0) is 44.0 Å². The Morgan fingerprint density at radius 1 is 1.17 bits per heavy atom. The third kappa shape index (κ3) is 7.58. The van der Waals surface area contributed by atoms with Crippen molar-refractivity contribution in [2.45, 2.75) is 68.5 Å². The van der Waals surface area contributed by atoms with Gasteiger partial charge in [-0.1, -0.05) is 37.3 Å². The van der Waals surface area contributed by atoms with Gasteiger partial charge in [0.25, 0.3) is 5.91 Å². The Morgan fingerprint density at radius 2 is 1.76 bits per heavy atom. The summed E-state index contributed by atoms with van der Waals surface area (Å²) in [6, 6.07) is 3.83. The zero-order valence-corrected chi connectivity index (χ0v) is 17.8. The Hall–Kier alpha value is -1.68. The van der Waals surface area contributed by atoms with Gasteiger partial charge in [0.05, 0.1) is 11.0 Å². The first kappa shape index (κ1) is 23.6. The minimum atomic E-state index is -4.10. The molecule has 1 aromatic rings. The maximum Gasteiger partial charge on any atom is 0.327 e. The number of rotatable bonds is 8. The van der Waals surface area contributed by atoms with Gasteiger partial charge in [0.1, 0.15) is 6.04 Å². The lowest BCUT2D eigenvalue weighted by molar-refractivity contribution is -0.152. The smallest absolute Gasteiger partial charge is 0.327 e. The molecule has 3 N–H and O–H groups in total. The molecule has 1 aliphatic carbocycles. The summed E-state index contributed by atoms with van der Waals surface area (Å²) in [5, 5.41) is 13.0. The first-order valence-electron chi connectivity index (χ1n) is 9.61. The summed E-state index contributed by atoms with van der Waals surface area (Å²) in [5.41, 5.74) is 0. The second kappa shape index (κ2) is 10.9. The highest BCUT2D eigenvalue weighted by Gasteiger charge is 2.31. The van der Waals surface area contributed by atoms with E-state index in [1.54, 1.807) is 0 Å². The third-order valence-electron chi connectivity index (χ3n) is 4.71. The molecule has 0 radical (unpaired) electrons. The van der Waals surface area contributed by atoms with Crippen LogP contribution >= 0.6 is 11.6 Å². The number of amides is 1. The van der Waals surface area contributed by atoms with Crippen molar-refractivity contribution in [3.63, 3.8) is 0 Å². The largest absolute Gasteiger partial charge is 0.454 e. The number of halogens is 1. The minimum absolute atomic E-state index is 0.0553. The highest BCUT2D eigenvalue weighted by molar-refractivity contribution is 7.89. The third-order valence-corrected chi connectivity index (χ3v) is 6.42. The van der Waals surface area contributed by atoms with Crippen molar-refractivity contribution in [2.75, 3.05) is 6.61 Å². The summed E-state index contributed by atoms with van der Waals surface area (Å²) in [7, 11) is -4.10. The fourth-order valence-electron chi connectivity index (χ4n) is 3.11. The fraction of sp³-hybridized carbons (Fsp3) is 0.579. The predicted octanol–water partition coefficient (Wildman–Crippen LogP) is 1.75. The lowest BCUT2D eigenvalue weighted by Gasteiger charge is -2.21. The first-order chi connectivity index (χ1) is 13.7. The van der Waals surface area contributed by atoms with Crippen LogP contribution in [0, 0.1) is 0 Å². The standard InChI is InChI=1S/C19H27ClN2O6S/c1-13(23)18(22-29(26,27)16-10-8-14(20)9-11-16)19(25)28-12-17(24)21-15-6-4-2-3-5-7-15/h8-11,13,15,18,22-23H,2-7,12H2,1H3,(H,21,24)/t13-,18-/m0/s1. The summed E-state index contributed by atoms with van der Waals surface area (Å²) >= 11 is 5.75.